The molecule has 2 unspecified atom stereocenters. The number of nitrogens with one attached hydrogen (secondary N) is 2. The maximum atomic E-state index is 12.3. The Kier molecular flexibility index (Phi) is 7.57. The van der Waals surface area contributed by atoms with Crippen molar-refractivity contribution in [2.45, 2.75) is 46.6 Å². The highest BCUT2D eigenvalue weighted by atomic mass is 16.5. The molecule has 2 N–H and O–H groups in total. The molecule has 1 aliphatic rings. The fourth-order valence-electron chi connectivity index (χ4n) is 3.14. The molecule has 0 bridgehead atoms. The van der Waals surface area contributed by atoms with Gasteiger partial charge in [0, 0.05) is 18.5 Å². The molecule has 1 fully saturated rings. The summed E-state index contributed by atoms with van der Waals surface area (Å²) >= 11 is 0. The van der Waals surface area contributed by atoms with Crippen molar-refractivity contribution in [1.82, 2.24) is 10.6 Å². The summed E-state index contributed by atoms with van der Waals surface area (Å²) in [6.07, 6.45) is 3.05. The lowest BCUT2D eigenvalue weighted by molar-refractivity contribution is -0.122. The summed E-state index contributed by atoms with van der Waals surface area (Å²) in [4.78, 5) is 12.3. The van der Waals surface area contributed by atoms with Crippen LogP contribution in [0.2, 0.25) is 0 Å². The minimum atomic E-state index is 0.131. The molecule has 0 radical (unpaired) electrons. The SMILES string of the molecule is CC(C)COc1ccccc1CNC(=O)CC(C)C1CCCNC1. The van der Waals surface area contributed by atoms with E-state index in [2.05, 4.69) is 31.4 Å². The molecule has 1 aliphatic heterocycles. The van der Waals surface area contributed by atoms with Gasteiger partial charge >= 0.3 is 0 Å². The minimum Gasteiger partial charge on any atom is -0.493 e. The molecular weight excluding hydrogens is 300 g/mol. The number of hydrogen-bond donors (Lipinski definition) is 2. The van der Waals surface area contributed by atoms with Crippen molar-refractivity contribution < 1.29 is 9.53 Å². The fourth-order valence-corrected chi connectivity index (χ4v) is 3.14. The van der Waals surface area contributed by atoms with Crippen molar-refractivity contribution >= 4 is 5.91 Å². The first-order valence-corrected chi connectivity index (χ1v) is 9.24. The zero-order valence-electron chi connectivity index (χ0n) is 15.3. The zero-order chi connectivity index (χ0) is 17.4. The van der Waals surface area contributed by atoms with Crippen LogP contribution in [0.4, 0.5) is 0 Å². The van der Waals surface area contributed by atoms with Crippen LogP contribution in [0.15, 0.2) is 24.3 Å². The molecule has 2 rings (SSSR count). The van der Waals surface area contributed by atoms with Crippen LogP contribution in [0.25, 0.3) is 0 Å². The van der Waals surface area contributed by atoms with E-state index in [1.807, 2.05) is 24.3 Å². The number of ether oxygens (including phenoxy) is 1. The number of carbonyl (C=O) groups is 1. The molecular formula is C20H32N2O2. The van der Waals surface area contributed by atoms with Crippen molar-refractivity contribution in [3.63, 3.8) is 0 Å². The molecule has 1 heterocycles. The third kappa shape index (κ3) is 6.16. The van der Waals surface area contributed by atoms with E-state index in [0.717, 1.165) is 24.4 Å². The summed E-state index contributed by atoms with van der Waals surface area (Å²) in [6.45, 7) is 9.83. The van der Waals surface area contributed by atoms with Crippen molar-refractivity contribution in [2.24, 2.45) is 17.8 Å². The standard InChI is InChI=1S/C20H32N2O2/c1-15(2)14-24-19-9-5-4-7-18(19)13-22-20(23)11-16(3)17-8-6-10-21-12-17/h4-5,7,9,15-17,21H,6,8,10-14H2,1-3H3,(H,22,23). The van der Waals surface area contributed by atoms with Crippen molar-refractivity contribution in [3.8, 4) is 5.75 Å². The lowest BCUT2D eigenvalue weighted by Gasteiger charge is -2.28. The van der Waals surface area contributed by atoms with Gasteiger partial charge in [-0.25, -0.2) is 0 Å². The summed E-state index contributed by atoms with van der Waals surface area (Å²) in [5.41, 5.74) is 1.04. The molecule has 0 saturated carbocycles. The smallest absolute Gasteiger partial charge is 0.220 e. The summed E-state index contributed by atoms with van der Waals surface area (Å²) in [5.74, 6) is 2.52. The number of para-hydroxylation sites is 1. The average Bonchev–Trinajstić information content (AvgIpc) is 2.59. The topological polar surface area (TPSA) is 50.4 Å². The van der Waals surface area contributed by atoms with E-state index < -0.39 is 0 Å². The third-order valence-corrected chi connectivity index (χ3v) is 4.67. The van der Waals surface area contributed by atoms with Gasteiger partial charge in [-0.15, -0.1) is 0 Å². The Bertz CT molecular complexity index is 510. The second kappa shape index (κ2) is 9.67. The number of carbonyl (C=O) groups excluding carboxylic acids is 1. The number of hydrogen-bond acceptors (Lipinski definition) is 3. The number of benzene rings is 1. The monoisotopic (exact) mass is 332 g/mol. The van der Waals surface area contributed by atoms with Crippen LogP contribution in [0.5, 0.6) is 5.75 Å². The van der Waals surface area contributed by atoms with Gasteiger partial charge in [-0.1, -0.05) is 39.0 Å². The molecule has 1 aromatic carbocycles. The quantitative estimate of drug-likeness (QED) is 0.767. The average molecular weight is 332 g/mol. The van der Waals surface area contributed by atoms with Crippen LogP contribution in [0.1, 0.15) is 45.6 Å². The first kappa shape index (κ1) is 18.8. The van der Waals surface area contributed by atoms with Crippen LogP contribution < -0.4 is 15.4 Å². The first-order valence-electron chi connectivity index (χ1n) is 9.24. The van der Waals surface area contributed by atoms with Crippen molar-refractivity contribution in [1.29, 1.82) is 0 Å². The highest BCUT2D eigenvalue weighted by Gasteiger charge is 2.22. The van der Waals surface area contributed by atoms with Crippen LogP contribution in [0, 0.1) is 17.8 Å². The minimum absolute atomic E-state index is 0.131. The molecule has 1 saturated heterocycles. The van der Waals surface area contributed by atoms with Crippen LogP contribution in [0.3, 0.4) is 0 Å². The molecule has 1 aromatic rings. The van der Waals surface area contributed by atoms with E-state index in [1.165, 1.54) is 12.8 Å². The lowest BCUT2D eigenvalue weighted by Crippen LogP contribution is -2.35. The number of rotatable bonds is 8. The van der Waals surface area contributed by atoms with E-state index in [9.17, 15) is 4.79 Å². The second-order valence-electron chi connectivity index (χ2n) is 7.38. The Morgan fingerprint density at radius 3 is 2.83 bits per heavy atom. The van der Waals surface area contributed by atoms with Crippen LogP contribution >= 0.6 is 0 Å². The molecule has 1 amide bonds. The van der Waals surface area contributed by atoms with Gasteiger partial charge in [0.1, 0.15) is 5.75 Å². The molecule has 2 atom stereocenters. The summed E-state index contributed by atoms with van der Waals surface area (Å²) in [5, 5.41) is 6.49. The zero-order valence-corrected chi connectivity index (χ0v) is 15.3. The Morgan fingerprint density at radius 1 is 1.33 bits per heavy atom. The van der Waals surface area contributed by atoms with Crippen molar-refractivity contribution in [2.75, 3.05) is 19.7 Å². The molecule has 0 spiro atoms. The van der Waals surface area contributed by atoms with Crippen LogP contribution in [-0.4, -0.2) is 25.6 Å². The Morgan fingerprint density at radius 2 is 2.12 bits per heavy atom. The van der Waals surface area contributed by atoms with Gasteiger partial charge in [-0.05, 0) is 49.8 Å². The van der Waals surface area contributed by atoms with E-state index in [1.54, 1.807) is 0 Å². The van der Waals surface area contributed by atoms with Gasteiger partial charge < -0.3 is 15.4 Å². The molecule has 24 heavy (non-hydrogen) atoms. The first-order chi connectivity index (χ1) is 11.6. The predicted octanol–water partition coefficient (Wildman–Crippen LogP) is 3.36. The Labute approximate surface area is 146 Å². The second-order valence-corrected chi connectivity index (χ2v) is 7.38. The van der Waals surface area contributed by atoms with Gasteiger partial charge in [0.15, 0.2) is 0 Å². The molecule has 0 aliphatic carbocycles. The molecule has 4 heteroatoms. The van der Waals surface area contributed by atoms with Crippen LogP contribution in [-0.2, 0) is 11.3 Å². The highest BCUT2D eigenvalue weighted by molar-refractivity contribution is 5.76. The van der Waals surface area contributed by atoms with Gasteiger partial charge in [0.2, 0.25) is 5.91 Å². The highest BCUT2D eigenvalue weighted by Crippen LogP contribution is 2.23. The number of piperidine rings is 1. The predicted molar refractivity (Wildman–Crippen MR) is 98.0 cm³/mol. The Hall–Kier alpha value is -1.55. The lowest BCUT2D eigenvalue weighted by atomic mass is 9.85. The van der Waals surface area contributed by atoms with Crippen molar-refractivity contribution in [3.05, 3.63) is 29.8 Å². The fraction of sp³-hybridized carbons (Fsp3) is 0.650. The van der Waals surface area contributed by atoms with Gasteiger partial charge in [-0.3, -0.25) is 4.79 Å². The molecule has 0 aromatic heterocycles. The largest absolute Gasteiger partial charge is 0.493 e. The third-order valence-electron chi connectivity index (χ3n) is 4.67. The normalized spacial score (nSPS) is 19.1. The summed E-state index contributed by atoms with van der Waals surface area (Å²) in [6, 6.07) is 7.95. The van der Waals surface area contributed by atoms with E-state index in [-0.39, 0.29) is 5.91 Å². The van der Waals surface area contributed by atoms with Gasteiger partial charge in [0.25, 0.3) is 0 Å². The molecule has 134 valence electrons. The number of amides is 1. The maximum Gasteiger partial charge on any atom is 0.220 e. The van der Waals surface area contributed by atoms with Gasteiger partial charge in [-0.2, -0.15) is 0 Å². The van der Waals surface area contributed by atoms with Gasteiger partial charge in [0.05, 0.1) is 6.61 Å². The van der Waals surface area contributed by atoms with E-state index >= 15 is 0 Å². The summed E-state index contributed by atoms with van der Waals surface area (Å²) in [7, 11) is 0. The van der Waals surface area contributed by atoms with E-state index in [4.69, 9.17) is 4.74 Å². The summed E-state index contributed by atoms with van der Waals surface area (Å²) < 4.78 is 5.85. The molecule has 4 nitrogen and oxygen atoms in total. The Balaban J connectivity index is 1.80. The maximum absolute atomic E-state index is 12.3. The van der Waals surface area contributed by atoms with E-state index in [0.29, 0.717) is 37.3 Å².